The van der Waals surface area contributed by atoms with Crippen LogP contribution >= 0.6 is 0 Å². The largest absolute Gasteiger partial charge is 0.310 e. The number of aromatic nitrogens is 1. The van der Waals surface area contributed by atoms with Crippen molar-refractivity contribution < 1.29 is 0 Å². The fourth-order valence-electron chi connectivity index (χ4n) is 10.6. The second-order valence-corrected chi connectivity index (χ2v) is 17.7. The first-order valence-electron chi connectivity index (χ1n) is 23.4. The molecule has 0 amide bonds. The van der Waals surface area contributed by atoms with Crippen molar-refractivity contribution in [1.29, 1.82) is 0 Å². The monoisotopic (exact) mass is 864 g/mol. The van der Waals surface area contributed by atoms with E-state index in [1.54, 1.807) is 0 Å². The molecule has 2 nitrogen and oxygen atoms in total. The predicted octanol–water partition coefficient (Wildman–Crippen LogP) is 18.4. The number of anilines is 3. The van der Waals surface area contributed by atoms with E-state index >= 15 is 0 Å². The molecule has 0 aliphatic rings. The highest BCUT2D eigenvalue weighted by molar-refractivity contribution is 6.22. The number of hydrogen-bond acceptors (Lipinski definition) is 1. The molecule has 0 spiro atoms. The SMILES string of the molecule is c1ccc(-c2cc(-c3ccccc3)cc(N(c3ccc(-c4cc5ccccc5c5ccccc45)cc3)c3cccc(-c4cccc5c4c4ccc6ccccc6c4n5-c4ccccc4)c3)c2)cc1. The third-order valence-corrected chi connectivity index (χ3v) is 13.7. The Bertz CT molecular complexity index is 3940. The van der Waals surface area contributed by atoms with Crippen LogP contribution in [0.4, 0.5) is 17.1 Å². The first-order valence-corrected chi connectivity index (χ1v) is 23.4. The zero-order valence-electron chi connectivity index (χ0n) is 37.3. The van der Waals surface area contributed by atoms with Crippen molar-refractivity contribution in [2.45, 2.75) is 0 Å². The lowest BCUT2D eigenvalue weighted by molar-refractivity contribution is 1.19. The van der Waals surface area contributed by atoms with Gasteiger partial charge in [-0.15, -0.1) is 0 Å². The normalized spacial score (nSPS) is 11.5. The Labute approximate surface area is 395 Å². The van der Waals surface area contributed by atoms with Crippen LogP contribution in [0.2, 0.25) is 0 Å². The minimum Gasteiger partial charge on any atom is -0.310 e. The molecule has 13 aromatic rings. The summed E-state index contributed by atoms with van der Waals surface area (Å²) in [6, 6.07) is 97.6. The summed E-state index contributed by atoms with van der Waals surface area (Å²) in [5.41, 5.74) is 16.2. The maximum absolute atomic E-state index is 2.45. The molecule has 0 saturated carbocycles. The van der Waals surface area contributed by atoms with Gasteiger partial charge in [-0.1, -0.05) is 200 Å². The van der Waals surface area contributed by atoms with E-state index in [4.69, 9.17) is 0 Å². The van der Waals surface area contributed by atoms with E-state index in [2.05, 4.69) is 276 Å². The minimum absolute atomic E-state index is 1.07. The van der Waals surface area contributed by atoms with Crippen LogP contribution in [0.3, 0.4) is 0 Å². The van der Waals surface area contributed by atoms with Crippen LogP contribution in [-0.2, 0) is 0 Å². The highest BCUT2D eigenvalue weighted by atomic mass is 15.1. The smallest absolute Gasteiger partial charge is 0.0619 e. The van der Waals surface area contributed by atoms with Crippen molar-refractivity contribution in [2.75, 3.05) is 4.90 Å². The van der Waals surface area contributed by atoms with Crippen molar-refractivity contribution in [3.63, 3.8) is 0 Å². The maximum atomic E-state index is 2.45. The Morgan fingerprint density at radius 3 is 1.56 bits per heavy atom. The van der Waals surface area contributed by atoms with Crippen molar-refractivity contribution in [2.24, 2.45) is 0 Å². The summed E-state index contributed by atoms with van der Waals surface area (Å²) in [6.45, 7) is 0. The molecule has 12 aromatic carbocycles. The highest BCUT2D eigenvalue weighted by Gasteiger charge is 2.21. The molecule has 0 radical (unpaired) electrons. The molecule has 0 fully saturated rings. The third kappa shape index (κ3) is 6.73. The van der Waals surface area contributed by atoms with Crippen molar-refractivity contribution in [1.82, 2.24) is 4.57 Å². The molecule has 0 aliphatic carbocycles. The molecule has 2 heteroatoms. The summed E-state index contributed by atoms with van der Waals surface area (Å²) in [6.07, 6.45) is 0. The van der Waals surface area contributed by atoms with Crippen molar-refractivity contribution in [3.05, 3.63) is 267 Å². The van der Waals surface area contributed by atoms with Crippen LogP contribution in [0.5, 0.6) is 0 Å². The van der Waals surface area contributed by atoms with Gasteiger partial charge in [0.2, 0.25) is 0 Å². The second kappa shape index (κ2) is 16.5. The Morgan fingerprint density at radius 1 is 0.265 bits per heavy atom. The van der Waals surface area contributed by atoms with Gasteiger partial charge in [-0.05, 0) is 138 Å². The van der Waals surface area contributed by atoms with Gasteiger partial charge in [0, 0.05) is 38.9 Å². The van der Waals surface area contributed by atoms with Crippen molar-refractivity contribution in [3.8, 4) is 50.2 Å². The maximum Gasteiger partial charge on any atom is 0.0619 e. The van der Waals surface area contributed by atoms with Gasteiger partial charge < -0.3 is 9.47 Å². The molecule has 0 atom stereocenters. The van der Waals surface area contributed by atoms with E-state index in [9.17, 15) is 0 Å². The molecule has 1 aromatic heterocycles. The fourth-order valence-corrected chi connectivity index (χ4v) is 10.6. The molecule has 0 aliphatic heterocycles. The molecule has 0 N–H and O–H groups in total. The summed E-state index contributed by atoms with van der Waals surface area (Å²) in [5.74, 6) is 0. The van der Waals surface area contributed by atoms with Gasteiger partial charge in [0.05, 0.1) is 11.0 Å². The number of para-hydroxylation sites is 1. The van der Waals surface area contributed by atoms with Crippen LogP contribution in [0.1, 0.15) is 0 Å². The van der Waals surface area contributed by atoms with Gasteiger partial charge in [0.15, 0.2) is 0 Å². The van der Waals surface area contributed by atoms with Gasteiger partial charge in [0.25, 0.3) is 0 Å². The number of fused-ring (bicyclic) bond motifs is 8. The lowest BCUT2D eigenvalue weighted by atomic mass is 9.93. The average Bonchev–Trinajstić information content (AvgIpc) is 3.77. The standard InChI is InChI=1S/C66H44N2/c1-4-18-45(19-5-1)51-40-52(46-20-6-2-7-21-46)43-56(42-51)67(54-37-34-48(35-38-54)63-44-50-23-11-12-28-57(50)60-30-14-15-31-61(60)63)55-27-16-24-49(41-55)58-32-17-33-64-65(58)62-39-36-47-22-10-13-29-59(47)66(62)68(64)53-25-8-3-9-26-53/h1-44H. The van der Waals surface area contributed by atoms with Crippen LogP contribution in [0, 0.1) is 0 Å². The number of rotatable bonds is 8. The van der Waals surface area contributed by atoms with E-state index < -0.39 is 0 Å². The highest BCUT2D eigenvalue weighted by Crippen LogP contribution is 2.45. The molecule has 0 bridgehead atoms. The molecule has 1 heterocycles. The lowest BCUT2D eigenvalue weighted by Gasteiger charge is -2.28. The minimum atomic E-state index is 1.07. The number of hydrogen-bond donors (Lipinski definition) is 0. The molecule has 13 rings (SSSR count). The van der Waals surface area contributed by atoms with Gasteiger partial charge >= 0.3 is 0 Å². The predicted molar refractivity (Wildman–Crippen MR) is 290 cm³/mol. The lowest BCUT2D eigenvalue weighted by Crippen LogP contribution is -2.10. The quantitative estimate of drug-likeness (QED) is 0.138. The topological polar surface area (TPSA) is 8.17 Å². The van der Waals surface area contributed by atoms with E-state index in [-0.39, 0.29) is 0 Å². The van der Waals surface area contributed by atoms with E-state index in [1.165, 1.54) is 81.9 Å². The third-order valence-electron chi connectivity index (χ3n) is 13.7. The van der Waals surface area contributed by atoms with Crippen LogP contribution in [0.25, 0.3) is 104 Å². The van der Waals surface area contributed by atoms with Gasteiger partial charge in [-0.3, -0.25) is 0 Å². The second-order valence-electron chi connectivity index (χ2n) is 17.7. The average molecular weight is 865 g/mol. The first-order chi connectivity index (χ1) is 33.7. The van der Waals surface area contributed by atoms with Crippen LogP contribution < -0.4 is 4.90 Å². The van der Waals surface area contributed by atoms with E-state index in [1.807, 2.05) is 0 Å². The number of benzene rings is 12. The van der Waals surface area contributed by atoms with Gasteiger partial charge in [-0.2, -0.15) is 0 Å². The van der Waals surface area contributed by atoms with E-state index in [0.29, 0.717) is 0 Å². The zero-order valence-corrected chi connectivity index (χ0v) is 37.3. The summed E-state index contributed by atoms with van der Waals surface area (Å²) in [4.78, 5) is 2.44. The Hall–Kier alpha value is -8.98. The molecule has 68 heavy (non-hydrogen) atoms. The van der Waals surface area contributed by atoms with Gasteiger partial charge in [-0.25, -0.2) is 0 Å². The Kier molecular flexibility index (Phi) is 9.54. The van der Waals surface area contributed by atoms with Crippen LogP contribution in [-0.4, -0.2) is 4.57 Å². The van der Waals surface area contributed by atoms with Crippen molar-refractivity contribution >= 4 is 71.2 Å². The zero-order chi connectivity index (χ0) is 45.0. The summed E-state index contributed by atoms with van der Waals surface area (Å²) in [5, 5.41) is 9.98. The summed E-state index contributed by atoms with van der Waals surface area (Å²) in [7, 11) is 0. The summed E-state index contributed by atoms with van der Waals surface area (Å²) < 4.78 is 2.45. The first kappa shape index (κ1) is 39.4. The molecule has 318 valence electrons. The Morgan fingerprint density at radius 2 is 0.838 bits per heavy atom. The molecule has 0 saturated heterocycles. The van der Waals surface area contributed by atoms with Crippen LogP contribution in [0.15, 0.2) is 267 Å². The molecule has 0 unspecified atom stereocenters. The summed E-state index contributed by atoms with van der Waals surface area (Å²) >= 11 is 0. The molecular formula is C66H44N2. The number of nitrogens with zero attached hydrogens (tertiary/aromatic N) is 2. The molecular weight excluding hydrogens is 821 g/mol. The Balaban J connectivity index is 1.03. The van der Waals surface area contributed by atoms with Gasteiger partial charge in [0.1, 0.15) is 0 Å². The van der Waals surface area contributed by atoms with E-state index in [0.717, 1.165) is 39.4 Å². The fraction of sp³-hybridized carbons (Fsp3) is 0.